The summed E-state index contributed by atoms with van der Waals surface area (Å²) in [5, 5.41) is 2.90. The van der Waals surface area contributed by atoms with E-state index in [4.69, 9.17) is 0 Å². The maximum Gasteiger partial charge on any atom is 0.325 e. The molecule has 2 heterocycles. The number of urea groups is 1. The summed E-state index contributed by atoms with van der Waals surface area (Å²) >= 11 is 0. The highest BCUT2D eigenvalue weighted by Gasteiger charge is 2.56. The fourth-order valence-corrected chi connectivity index (χ4v) is 5.98. The van der Waals surface area contributed by atoms with Crippen LogP contribution in [0.4, 0.5) is 9.18 Å². The molecule has 5 amide bonds. The van der Waals surface area contributed by atoms with Gasteiger partial charge in [0.25, 0.3) is 5.91 Å². The van der Waals surface area contributed by atoms with E-state index in [1.165, 1.54) is 12.1 Å². The van der Waals surface area contributed by atoms with Gasteiger partial charge in [0.2, 0.25) is 11.8 Å². The second-order valence-corrected chi connectivity index (χ2v) is 10.8. The number of carbonyl (C=O) groups excluding carboxylic acids is 4. The number of piperazine rings is 1. The fourth-order valence-electron chi connectivity index (χ4n) is 5.98. The first-order valence-electron chi connectivity index (χ1n) is 11.9. The number of hydrogen-bond donors (Lipinski definition) is 1. The zero-order valence-corrected chi connectivity index (χ0v) is 20.1. The first-order valence-corrected chi connectivity index (χ1v) is 11.9. The molecule has 1 saturated carbocycles. The number of benzene rings is 1. The van der Waals surface area contributed by atoms with Crippen LogP contribution in [0.15, 0.2) is 24.3 Å². The third-order valence-electron chi connectivity index (χ3n) is 7.17. The van der Waals surface area contributed by atoms with Crippen molar-refractivity contribution < 1.29 is 23.6 Å². The summed E-state index contributed by atoms with van der Waals surface area (Å²) in [5.41, 5.74) is -0.265. The number of hydrogen-bond acceptors (Lipinski definition) is 4. The van der Waals surface area contributed by atoms with Crippen LogP contribution in [0.1, 0.15) is 45.6 Å². The molecule has 1 aromatic carbocycles. The van der Waals surface area contributed by atoms with Gasteiger partial charge in [0, 0.05) is 26.2 Å². The minimum Gasteiger partial charge on any atom is -0.339 e. The zero-order valence-electron chi connectivity index (χ0n) is 20.1. The van der Waals surface area contributed by atoms with Crippen molar-refractivity contribution in [2.24, 2.45) is 11.3 Å². The van der Waals surface area contributed by atoms with Crippen LogP contribution in [-0.4, -0.2) is 76.7 Å². The molecule has 0 aromatic heterocycles. The molecule has 1 aromatic rings. The normalized spacial score (nSPS) is 26.7. The smallest absolute Gasteiger partial charge is 0.325 e. The number of imide groups is 1. The molecule has 3 fully saturated rings. The Balaban J connectivity index is 1.31. The van der Waals surface area contributed by atoms with Crippen LogP contribution in [0.25, 0.3) is 0 Å². The number of nitrogens with one attached hydrogen (secondary N) is 1. The molecule has 2 aliphatic heterocycles. The quantitative estimate of drug-likeness (QED) is 0.681. The Bertz CT molecular complexity index is 987. The summed E-state index contributed by atoms with van der Waals surface area (Å²) in [4.78, 5) is 55.8. The number of nitrogens with zero attached hydrogens (tertiary/aromatic N) is 3. The van der Waals surface area contributed by atoms with Gasteiger partial charge in [-0.25, -0.2) is 9.18 Å². The predicted molar refractivity (Wildman–Crippen MR) is 123 cm³/mol. The van der Waals surface area contributed by atoms with E-state index in [1.807, 2.05) is 0 Å². The molecule has 9 heteroatoms. The van der Waals surface area contributed by atoms with Crippen LogP contribution >= 0.6 is 0 Å². The minimum absolute atomic E-state index is 0.0720. The van der Waals surface area contributed by atoms with E-state index in [0.29, 0.717) is 44.9 Å². The van der Waals surface area contributed by atoms with Crippen molar-refractivity contribution in [2.75, 3.05) is 32.7 Å². The molecule has 3 aliphatic rings. The number of rotatable bonds is 4. The van der Waals surface area contributed by atoms with E-state index < -0.39 is 11.6 Å². The van der Waals surface area contributed by atoms with Gasteiger partial charge in [-0.3, -0.25) is 19.3 Å². The monoisotopic (exact) mass is 472 g/mol. The first kappa shape index (κ1) is 24.2. The first-order chi connectivity index (χ1) is 16.0. The average Bonchev–Trinajstić information content (AvgIpc) is 2.97. The minimum atomic E-state index is -0.927. The maximum absolute atomic E-state index is 13.3. The second-order valence-electron chi connectivity index (χ2n) is 10.8. The molecule has 34 heavy (non-hydrogen) atoms. The number of carbonyl (C=O) groups is 4. The standard InChI is InChI=1S/C25H33FN4O4/c1-17-13-24(2,3)16-25(14-17)22(33)30(23(34)27-25)15-21(32)29-10-8-28(9-11-29)20(31)12-18-4-6-19(26)7-5-18/h4-7,17H,8-16H2,1-3H3,(H,27,34). The van der Waals surface area contributed by atoms with Gasteiger partial charge >= 0.3 is 6.03 Å². The van der Waals surface area contributed by atoms with Crippen molar-refractivity contribution >= 4 is 23.8 Å². The van der Waals surface area contributed by atoms with Crippen LogP contribution < -0.4 is 5.32 Å². The fraction of sp³-hybridized carbons (Fsp3) is 0.600. The summed E-state index contributed by atoms with van der Waals surface area (Å²) in [6.07, 6.45) is 2.31. The van der Waals surface area contributed by atoms with Gasteiger partial charge in [-0.05, 0) is 48.3 Å². The van der Waals surface area contributed by atoms with Crippen LogP contribution in [-0.2, 0) is 20.8 Å². The Morgan fingerprint density at radius 3 is 2.18 bits per heavy atom. The van der Waals surface area contributed by atoms with Crippen molar-refractivity contribution in [3.05, 3.63) is 35.6 Å². The van der Waals surface area contributed by atoms with Gasteiger partial charge in [-0.2, -0.15) is 0 Å². The van der Waals surface area contributed by atoms with Gasteiger partial charge in [-0.15, -0.1) is 0 Å². The lowest BCUT2D eigenvalue weighted by Crippen LogP contribution is -2.55. The lowest BCUT2D eigenvalue weighted by atomic mass is 9.64. The summed E-state index contributed by atoms with van der Waals surface area (Å²) in [6.45, 7) is 7.45. The molecular formula is C25H33FN4O4. The molecule has 4 rings (SSSR count). The SMILES string of the molecule is CC1CC(C)(C)CC2(C1)NC(=O)N(CC(=O)N1CCN(C(=O)Cc3ccc(F)cc3)CC1)C2=O. The van der Waals surface area contributed by atoms with Crippen molar-refractivity contribution in [3.63, 3.8) is 0 Å². The van der Waals surface area contributed by atoms with Crippen LogP contribution in [0.2, 0.25) is 0 Å². The molecule has 0 bridgehead atoms. The van der Waals surface area contributed by atoms with E-state index in [1.54, 1.807) is 21.9 Å². The Morgan fingerprint density at radius 2 is 1.59 bits per heavy atom. The number of halogens is 1. The van der Waals surface area contributed by atoms with Crippen molar-refractivity contribution in [1.29, 1.82) is 0 Å². The summed E-state index contributed by atoms with van der Waals surface area (Å²) < 4.78 is 13.1. The number of amides is 5. The zero-order chi connectivity index (χ0) is 24.7. The largest absolute Gasteiger partial charge is 0.339 e. The second kappa shape index (κ2) is 9.00. The summed E-state index contributed by atoms with van der Waals surface area (Å²) in [6, 6.07) is 5.33. The van der Waals surface area contributed by atoms with Crippen molar-refractivity contribution in [2.45, 2.75) is 52.0 Å². The topological polar surface area (TPSA) is 90.0 Å². The van der Waals surface area contributed by atoms with E-state index in [-0.39, 0.29) is 41.9 Å². The molecule has 1 aliphatic carbocycles. The van der Waals surface area contributed by atoms with Gasteiger partial charge in [0.1, 0.15) is 17.9 Å². The highest BCUT2D eigenvalue weighted by atomic mass is 19.1. The molecule has 184 valence electrons. The van der Waals surface area contributed by atoms with Gasteiger partial charge in [0.15, 0.2) is 0 Å². The maximum atomic E-state index is 13.3. The van der Waals surface area contributed by atoms with Gasteiger partial charge < -0.3 is 15.1 Å². The van der Waals surface area contributed by atoms with Gasteiger partial charge in [0.05, 0.1) is 6.42 Å². The average molecular weight is 473 g/mol. The summed E-state index contributed by atoms with van der Waals surface area (Å²) in [7, 11) is 0. The van der Waals surface area contributed by atoms with Crippen molar-refractivity contribution in [3.8, 4) is 0 Å². The summed E-state index contributed by atoms with van der Waals surface area (Å²) in [5.74, 6) is -0.734. The highest BCUT2D eigenvalue weighted by molar-refractivity contribution is 6.09. The Hall–Kier alpha value is -2.97. The lowest BCUT2D eigenvalue weighted by molar-refractivity contribution is -0.143. The lowest BCUT2D eigenvalue weighted by Gasteiger charge is -2.43. The van der Waals surface area contributed by atoms with Crippen LogP contribution in [0.5, 0.6) is 0 Å². The molecule has 2 unspecified atom stereocenters. The molecule has 2 atom stereocenters. The molecule has 0 radical (unpaired) electrons. The van der Waals surface area contributed by atoms with Crippen LogP contribution in [0, 0.1) is 17.2 Å². The predicted octanol–water partition coefficient (Wildman–Crippen LogP) is 2.18. The third kappa shape index (κ3) is 4.93. The van der Waals surface area contributed by atoms with E-state index in [9.17, 15) is 23.6 Å². The van der Waals surface area contributed by atoms with E-state index in [0.717, 1.165) is 16.9 Å². The van der Waals surface area contributed by atoms with E-state index in [2.05, 4.69) is 26.1 Å². The molecule has 1 N–H and O–H groups in total. The molecular weight excluding hydrogens is 439 g/mol. The third-order valence-corrected chi connectivity index (χ3v) is 7.17. The van der Waals surface area contributed by atoms with E-state index >= 15 is 0 Å². The Kier molecular flexibility index (Phi) is 6.40. The Labute approximate surface area is 199 Å². The van der Waals surface area contributed by atoms with Crippen LogP contribution in [0.3, 0.4) is 0 Å². The Morgan fingerprint density at radius 1 is 1.00 bits per heavy atom. The molecule has 8 nitrogen and oxygen atoms in total. The highest BCUT2D eigenvalue weighted by Crippen LogP contribution is 2.46. The molecule has 2 saturated heterocycles. The van der Waals surface area contributed by atoms with Crippen molar-refractivity contribution in [1.82, 2.24) is 20.0 Å². The molecule has 1 spiro atoms. The van der Waals surface area contributed by atoms with Gasteiger partial charge in [-0.1, -0.05) is 32.9 Å².